The first kappa shape index (κ1) is 14.3. The van der Waals surface area contributed by atoms with Gasteiger partial charge in [0.25, 0.3) is 0 Å². The molecule has 3 heterocycles. The van der Waals surface area contributed by atoms with E-state index in [0.717, 1.165) is 2.88 Å². The first-order chi connectivity index (χ1) is 10.1. The summed E-state index contributed by atoms with van der Waals surface area (Å²) >= 11 is 3.63. The first-order valence-electron chi connectivity index (χ1n) is 6.10. The predicted molar refractivity (Wildman–Crippen MR) is 86.8 cm³/mol. The minimum absolute atomic E-state index is 0.106. The Bertz CT molecular complexity index is 852. The number of esters is 1. The molecule has 3 aromatic heterocycles. The molecule has 0 fully saturated rings. The number of hydrogen-bond donors (Lipinski definition) is 0. The molecule has 0 aliphatic carbocycles. The molecule has 0 aromatic carbocycles. The molecule has 0 unspecified atom stereocenters. The van der Waals surface area contributed by atoms with Crippen molar-refractivity contribution >= 4 is 45.5 Å². The number of nitrogens with zero attached hydrogens (tertiary/aromatic N) is 3. The molecule has 3 rings (SSSR count). The van der Waals surface area contributed by atoms with E-state index in [1.54, 1.807) is 29.8 Å². The summed E-state index contributed by atoms with van der Waals surface area (Å²) in [6.45, 7) is 0.336. The van der Waals surface area contributed by atoms with Crippen molar-refractivity contribution in [1.82, 2.24) is 14.2 Å². The minimum atomic E-state index is -0.383. The summed E-state index contributed by atoms with van der Waals surface area (Å²) in [7, 11) is 0. The first-order valence-corrected chi connectivity index (χ1v) is 8.06. The number of aromatic nitrogens is 3. The Morgan fingerprint density at radius 2 is 2.29 bits per heavy atom. The number of ether oxygens (including phenoxy) is 1. The van der Waals surface area contributed by atoms with Crippen LogP contribution < -0.4 is 5.69 Å². The number of carbonyl (C=O) groups is 1. The van der Waals surface area contributed by atoms with Crippen molar-refractivity contribution in [1.29, 1.82) is 0 Å². The van der Waals surface area contributed by atoms with Gasteiger partial charge in [0.1, 0.15) is 6.61 Å². The Labute approximate surface area is 137 Å². The number of rotatable bonds is 4. The quantitative estimate of drug-likeness (QED) is 0.483. The molecule has 0 saturated carbocycles. The number of hydrogen-bond acceptors (Lipinski definition) is 5. The molecule has 0 aliphatic heterocycles. The lowest BCUT2D eigenvalue weighted by molar-refractivity contribution is 0.0487. The smallest absolute Gasteiger partial charge is 0.350 e. The SMILES string of the molecule is O=C(OCCn1nc2ccccn2c1=O)c1csc(I)c1. The number of thiophene rings is 1. The Hall–Kier alpha value is -1.68. The van der Waals surface area contributed by atoms with Crippen LogP contribution in [0.3, 0.4) is 0 Å². The molecule has 0 spiro atoms. The van der Waals surface area contributed by atoms with Gasteiger partial charge in [-0.25, -0.2) is 14.3 Å². The molecule has 8 heteroatoms. The minimum Gasteiger partial charge on any atom is -0.460 e. The third-order valence-electron chi connectivity index (χ3n) is 2.83. The third kappa shape index (κ3) is 3.00. The highest BCUT2D eigenvalue weighted by atomic mass is 127. The lowest BCUT2D eigenvalue weighted by Gasteiger charge is -2.02. The van der Waals surface area contributed by atoms with Gasteiger partial charge in [-0.2, -0.15) is 0 Å². The van der Waals surface area contributed by atoms with Gasteiger partial charge in [0.15, 0.2) is 5.65 Å². The highest BCUT2D eigenvalue weighted by Crippen LogP contribution is 2.17. The molecule has 6 nitrogen and oxygen atoms in total. The zero-order valence-corrected chi connectivity index (χ0v) is 13.7. The lowest BCUT2D eigenvalue weighted by Crippen LogP contribution is -2.24. The van der Waals surface area contributed by atoms with E-state index in [0.29, 0.717) is 11.2 Å². The van der Waals surface area contributed by atoms with Gasteiger partial charge in [0.05, 0.1) is 15.0 Å². The van der Waals surface area contributed by atoms with Crippen LogP contribution >= 0.6 is 33.9 Å². The molecule has 0 aliphatic rings. The molecule has 0 saturated heterocycles. The van der Waals surface area contributed by atoms with Crippen LogP contribution in [0.4, 0.5) is 0 Å². The lowest BCUT2D eigenvalue weighted by atomic mass is 10.3. The summed E-state index contributed by atoms with van der Waals surface area (Å²) in [5, 5.41) is 5.91. The van der Waals surface area contributed by atoms with Crippen molar-refractivity contribution in [3.8, 4) is 0 Å². The number of fused-ring (bicyclic) bond motifs is 1. The van der Waals surface area contributed by atoms with Crippen LogP contribution in [0.25, 0.3) is 5.65 Å². The second-order valence-electron chi connectivity index (χ2n) is 4.21. The third-order valence-corrected chi connectivity index (χ3v) is 4.62. The van der Waals surface area contributed by atoms with Crippen LogP contribution in [0.1, 0.15) is 10.4 Å². The average molecular weight is 415 g/mol. The summed E-state index contributed by atoms with van der Waals surface area (Å²) in [5.41, 5.74) is 0.861. The number of carbonyl (C=O) groups excluding carboxylic acids is 1. The van der Waals surface area contributed by atoms with Crippen LogP contribution in [0.2, 0.25) is 0 Å². The van der Waals surface area contributed by atoms with Gasteiger partial charge >= 0.3 is 11.7 Å². The van der Waals surface area contributed by atoms with E-state index in [-0.39, 0.29) is 24.8 Å². The molecule has 0 radical (unpaired) electrons. The highest BCUT2D eigenvalue weighted by molar-refractivity contribution is 14.1. The Balaban J connectivity index is 1.66. The average Bonchev–Trinajstić information content (AvgIpc) is 3.04. The van der Waals surface area contributed by atoms with Gasteiger partial charge in [-0.05, 0) is 40.8 Å². The maximum Gasteiger partial charge on any atom is 0.350 e. The van der Waals surface area contributed by atoms with E-state index in [9.17, 15) is 9.59 Å². The molecular formula is C13H10IN3O3S. The van der Waals surface area contributed by atoms with Crippen molar-refractivity contribution in [2.24, 2.45) is 0 Å². The van der Waals surface area contributed by atoms with Crippen LogP contribution in [0.5, 0.6) is 0 Å². The second-order valence-corrected chi connectivity index (χ2v) is 7.02. The molecule has 0 atom stereocenters. The predicted octanol–water partition coefficient (Wildman–Crippen LogP) is 2.02. The zero-order chi connectivity index (χ0) is 14.8. The summed E-state index contributed by atoms with van der Waals surface area (Å²) in [6, 6.07) is 7.09. The van der Waals surface area contributed by atoms with Crippen molar-refractivity contribution in [2.45, 2.75) is 6.54 Å². The number of pyridine rings is 1. The topological polar surface area (TPSA) is 65.6 Å². The van der Waals surface area contributed by atoms with Gasteiger partial charge in [0.2, 0.25) is 0 Å². The van der Waals surface area contributed by atoms with Gasteiger partial charge < -0.3 is 4.74 Å². The Morgan fingerprint density at radius 1 is 1.43 bits per heavy atom. The maximum absolute atomic E-state index is 12.0. The van der Waals surface area contributed by atoms with Crippen molar-refractivity contribution in [3.63, 3.8) is 0 Å². The van der Waals surface area contributed by atoms with Crippen LogP contribution in [-0.4, -0.2) is 26.8 Å². The molecule has 0 bridgehead atoms. The van der Waals surface area contributed by atoms with Crippen molar-refractivity contribution < 1.29 is 9.53 Å². The molecule has 0 amide bonds. The Kier molecular flexibility index (Phi) is 4.06. The summed E-state index contributed by atoms with van der Waals surface area (Å²) < 4.78 is 8.92. The van der Waals surface area contributed by atoms with E-state index in [2.05, 4.69) is 27.7 Å². The van der Waals surface area contributed by atoms with E-state index < -0.39 is 0 Å². The fourth-order valence-corrected chi connectivity index (χ4v) is 3.15. The van der Waals surface area contributed by atoms with E-state index in [1.807, 2.05) is 6.07 Å². The maximum atomic E-state index is 12.0. The Morgan fingerprint density at radius 3 is 3.00 bits per heavy atom. The molecule has 21 heavy (non-hydrogen) atoms. The molecule has 0 N–H and O–H groups in total. The normalized spacial score (nSPS) is 10.9. The molecule has 108 valence electrons. The second kappa shape index (κ2) is 5.98. The van der Waals surface area contributed by atoms with E-state index in [1.165, 1.54) is 20.4 Å². The van der Waals surface area contributed by atoms with Gasteiger partial charge in [-0.3, -0.25) is 4.40 Å². The zero-order valence-electron chi connectivity index (χ0n) is 10.7. The van der Waals surface area contributed by atoms with Gasteiger partial charge in [-0.15, -0.1) is 16.4 Å². The summed E-state index contributed by atoms with van der Waals surface area (Å²) in [6.07, 6.45) is 1.65. The van der Waals surface area contributed by atoms with Gasteiger partial charge in [-0.1, -0.05) is 6.07 Å². The highest BCUT2D eigenvalue weighted by Gasteiger charge is 2.10. The van der Waals surface area contributed by atoms with Gasteiger partial charge in [0, 0.05) is 11.6 Å². The number of halogens is 1. The molecular weight excluding hydrogens is 405 g/mol. The fourth-order valence-electron chi connectivity index (χ4n) is 1.84. The standard InChI is InChI=1S/C13H10IN3O3S/c14-10-7-9(8-21-10)12(18)20-6-5-17-13(19)16-4-2-1-3-11(16)15-17/h1-4,7-8H,5-6H2. The van der Waals surface area contributed by atoms with E-state index >= 15 is 0 Å². The summed E-state index contributed by atoms with van der Waals surface area (Å²) in [5.74, 6) is -0.383. The van der Waals surface area contributed by atoms with E-state index in [4.69, 9.17) is 4.74 Å². The van der Waals surface area contributed by atoms with Crippen molar-refractivity contribution in [2.75, 3.05) is 6.61 Å². The largest absolute Gasteiger partial charge is 0.460 e. The fraction of sp³-hybridized carbons (Fsp3) is 0.154. The summed E-state index contributed by atoms with van der Waals surface area (Å²) in [4.78, 5) is 23.8. The molecule has 3 aromatic rings. The van der Waals surface area contributed by atoms with Crippen LogP contribution in [-0.2, 0) is 11.3 Å². The van der Waals surface area contributed by atoms with Crippen molar-refractivity contribution in [3.05, 3.63) is 54.8 Å². The van der Waals surface area contributed by atoms with Crippen LogP contribution in [0.15, 0.2) is 40.6 Å². The van der Waals surface area contributed by atoms with Crippen LogP contribution in [0, 0.1) is 2.88 Å². The monoisotopic (exact) mass is 415 g/mol.